The summed E-state index contributed by atoms with van der Waals surface area (Å²) in [6.07, 6.45) is 3.52. The van der Waals surface area contributed by atoms with E-state index in [1.807, 2.05) is 68.4 Å². The minimum atomic E-state index is -4.46. The Morgan fingerprint density at radius 2 is 1.74 bits per heavy atom. The number of hydrogen-bond donors (Lipinski definition) is 0. The van der Waals surface area contributed by atoms with E-state index in [-0.39, 0.29) is 29.7 Å². The third-order valence-electron chi connectivity index (χ3n) is 7.50. The minimum Gasteiger partial charge on any atom is -0.330 e. The van der Waals surface area contributed by atoms with Gasteiger partial charge in [0, 0.05) is 18.9 Å². The first-order valence-corrected chi connectivity index (χ1v) is 14.6. The molecule has 1 aromatic heterocycles. The van der Waals surface area contributed by atoms with Crippen LogP contribution in [0.4, 0.5) is 0 Å². The number of ketones is 1. The first-order valence-electron chi connectivity index (χ1n) is 13.1. The smallest absolute Gasteiger partial charge is 0.293 e. The molecule has 3 heterocycles. The highest BCUT2D eigenvalue weighted by Gasteiger charge is 2.55. The van der Waals surface area contributed by atoms with Gasteiger partial charge in [-0.15, -0.1) is 0 Å². The lowest BCUT2D eigenvalue weighted by molar-refractivity contribution is -0.138. The Morgan fingerprint density at radius 1 is 1.00 bits per heavy atom. The van der Waals surface area contributed by atoms with Crippen molar-refractivity contribution < 1.29 is 22.8 Å². The van der Waals surface area contributed by atoms with E-state index in [1.165, 1.54) is 24.5 Å². The second kappa shape index (κ2) is 10.8. The van der Waals surface area contributed by atoms with E-state index in [1.54, 1.807) is 4.90 Å². The van der Waals surface area contributed by atoms with Crippen LogP contribution in [0.15, 0.2) is 79.1 Å². The van der Waals surface area contributed by atoms with Crippen molar-refractivity contribution in [1.29, 1.82) is 0 Å². The molecular weight excluding hydrogens is 514 g/mol. The molecule has 2 saturated heterocycles. The summed E-state index contributed by atoms with van der Waals surface area (Å²) in [5.74, 6) is -0.823. The molecular formula is C30H31N3O5S. The van der Waals surface area contributed by atoms with Crippen LogP contribution in [0.3, 0.4) is 0 Å². The van der Waals surface area contributed by atoms with Crippen LogP contribution in [0.25, 0.3) is 11.1 Å². The molecule has 0 spiro atoms. The number of rotatable bonds is 7. The standard InChI is InChI=1S/C30H31N3O5S/c1-20(2)16-25(23-11-6-10-22(17-23)21-8-4-3-5-9-21)29(35)32-15-13-26-28(32)27(34)19-33(26)39(37,38)30(36)24-12-7-14-31-18-24/h3-12,14,17-18,20,25-26,28H,13,15-16,19H2,1-2H3. The lowest BCUT2D eigenvalue weighted by atomic mass is 9.87. The van der Waals surface area contributed by atoms with Crippen LogP contribution in [0.5, 0.6) is 0 Å². The number of pyridine rings is 1. The third kappa shape index (κ3) is 5.16. The van der Waals surface area contributed by atoms with E-state index in [0.29, 0.717) is 12.8 Å². The number of sulfonamides is 1. The Morgan fingerprint density at radius 3 is 2.44 bits per heavy atom. The minimum absolute atomic E-state index is 0.0605. The summed E-state index contributed by atoms with van der Waals surface area (Å²) >= 11 is 0. The third-order valence-corrected chi connectivity index (χ3v) is 9.22. The van der Waals surface area contributed by atoms with Crippen molar-refractivity contribution in [3.05, 3.63) is 90.3 Å². The van der Waals surface area contributed by atoms with Gasteiger partial charge in [0.25, 0.3) is 15.1 Å². The molecule has 3 atom stereocenters. The van der Waals surface area contributed by atoms with Crippen molar-refractivity contribution in [2.45, 2.75) is 44.7 Å². The molecule has 2 aromatic carbocycles. The summed E-state index contributed by atoms with van der Waals surface area (Å²) in [6, 6.07) is 19.0. The number of amides is 1. The number of Topliss-reactive ketones (excluding diaryl/α,β-unsaturated/α-hetero) is 1. The lowest BCUT2D eigenvalue weighted by Crippen LogP contribution is -2.46. The molecule has 3 aromatic rings. The highest BCUT2D eigenvalue weighted by atomic mass is 32.2. The maximum absolute atomic E-state index is 14.1. The summed E-state index contributed by atoms with van der Waals surface area (Å²) in [4.78, 5) is 45.5. The molecule has 0 bridgehead atoms. The number of benzene rings is 2. The number of hydrogen-bond acceptors (Lipinski definition) is 6. The van der Waals surface area contributed by atoms with Crippen molar-refractivity contribution >= 4 is 26.8 Å². The monoisotopic (exact) mass is 545 g/mol. The largest absolute Gasteiger partial charge is 0.330 e. The van der Waals surface area contributed by atoms with Gasteiger partial charge < -0.3 is 4.90 Å². The van der Waals surface area contributed by atoms with E-state index in [2.05, 4.69) is 4.98 Å². The van der Waals surface area contributed by atoms with E-state index in [0.717, 1.165) is 21.0 Å². The number of fused-ring (bicyclic) bond motifs is 1. The fourth-order valence-corrected chi connectivity index (χ4v) is 7.20. The zero-order valence-electron chi connectivity index (χ0n) is 21.9. The second-order valence-corrected chi connectivity index (χ2v) is 12.3. The van der Waals surface area contributed by atoms with Crippen molar-refractivity contribution in [2.75, 3.05) is 13.1 Å². The number of nitrogens with zero attached hydrogens (tertiary/aromatic N) is 3. The molecule has 0 radical (unpaired) electrons. The summed E-state index contributed by atoms with van der Waals surface area (Å²) in [5.41, 5.74) is 2.84. The highest BCUT2D eigenvalue weighted by molar-refractivity contribution is 8.04. The highest BCUT2D eigenvalue weighted by Crippen LogP contribution is 2.37. The van der Waals surface area contributed by atoms with Crippen LogP contribution in [-0.4, -0.2) is 64.6 Å². The Kier molecular flexibility index (Phi) is 7.46. The van der Waals surface area contributed by atoms with E-state index in [4.69, 9.17) is 0 Å². The van der Waals surface area contributed by atoms with E-state index in [9.17, 15) is 22.8 Å². The zero-order valence-corrected chi connectivity index (χ0v) is 22.8. The van der Waals surface area contributed by atoms with Crippen molar-refractivity contribution in [2.24, 2.45) is 5.92 Å². The predicted octanol–water partition coefficient (Wildman–Crippen LogP) is 3.90. The molecule has 202 valence electrons. The number of aromatic nitrogens is 1. The van der Waals surface area contributed by atoms with Crippen LogP contribution in [-0.2, 0) is 19.6 Å². The Bertz CT molecular complexity index is 1490. The van der Waals surface area contributed by atoms with Gasteiger partial charge in [-0.05, 0) is 47.6 Å². The summed E-state index contributed by atoms with van der Waals surface area (Å²) in [7, 11) is -4.46. The Balaban J connectivity index is 1.42. The Hall–Kier alpha value is -3.69. The predicted molar refractivity (Wildman–Crippen MR) is 147 cm³/mol. The molecule has 2 aliphatic rings. The van der Waals surface area contributed by atoms with Crippen LogP contribution < -0.4 is 0 Å². The van der Waals surface area contributed by atoms with Gasteiger partial charge in [-0.25, -0.2) is 8.42 Å². The SMILES string of the molecule is CC(C)CC(C(=O)N1CCC2C1C(=O)CN2S(=O)(=O)C(=O)c1cccnc1)c1cccc(-c2ccccc2)c1. The van der Waals surface area contributed by atoms with Gasteiger partial charge in [-0.2, -0.15) is 4.31 Å². The first kappa shape index (κ1) is 26.9. The lowest BCUT2D eigenvalue weighted by Gasteiger charge is -2.29. The van der Waals surface area contributed by atoms with Crippen LogP contribution in [0, 0.1) is 5.92 Å². The molecule has 0 saturated carbocycles. The van der Waals surface area contributed by atoms with Gasteiger partial charge in [0.05, 0.1) is 24.1 Å². The second-order valence-electron chi connectivity index (χ2n) is 10.6. The fraction of sp³-hybridized carbons (Fsp3) is 0.333. The molecule has 3 unspecified atom stereocenters. The van der Waals surface area contributed by atoms with E-state index >= 15 is 0 Å². The molecule has 1 amide bonds. The normalized spacial score (nSPS) is 20.3. The van der Waals surface area contributed by atoms with Crippen molar-refractivity contribution in [3.63, 3.8) is 0 Å². The Labute approximate surface area is 228 Å². The fourth-order valence-electron chi connectivity index (χ4n) is 5.70. The van der Waals surface area contributed by atoms with Gasteiger partial charge in [0.1, 0.15) is 6.04 Å². The van der Waals surface area contributed by atoms with Crippen LogP contribution in [0.1, 0.15) is 48.5 Å². The van der Waals surface area contributed by atoms with Gasteiger partial charge in [-0.1, -0.05) is 68.4 Å². The maximum Gasteiger partial charge on any atom is 0.293 e. The molecule has 39 heavy (non-hydrogen) atoms. The van der Waals surface area contributed by atoms with Crippen molar-refractivity contribution in [1.82, 2.24) is 14.2 Å². The summed E-state index contributed by atoms with van der Waals surface area (Å²) in [6.45, 7) is 3.92. The van der Waals surface area contributed by atoms with Crippen LogP contribution in [0.2, 0.25) is 0 Å². The molecule has 9 heteroatoms. The van der Waals surface area contributed by atoms with Gasteiger partial charge >= 0.3 is 0 Å². The first-order chi connectivity index (χ1) is 18.7. The number of carbonyl (C=O) groups excluding carboxylic acids is 3. The molecule has 5 rings (SSSR count). The summed E-state index contributed by atoms with van der Waals surface area (Å²) in [5, 5.41) is -1.09. The molecule has 0 N–H and O–H groups in total. The van der Waals surface area contributed by atoms with Gasteiger partial charge in [-0.3, -0.25) is 19.4 Å². The van der Waals surface area contributed by atoms with Crippen LogP contribution >= 0.6 is 0 Å². The topological polar surface area (TPSA) is 105 Å². The molecule has 8 nitrogen and oxygen atoms in total. The average Bonchev–Trinajstić information content (AvgIpc) is 3.53. The molecule has 2 fully saturated rings. The van der Waals surface area contributed by atoms with Crippen molar-refractivity contribution in [3.8, 4) is 11.1 Å². The zero-order chi connectivity index (χ0) is 27.7. The quantitative estimate of drug-likeness (QED) is 0.446. The molecule has 0 aliphatic carbocycles. The summed E-state index contributed by atoms with van der Waals surface area (Å²) < 4.78 is 27.5. The van der Waals surface area contributed by atoms with Gasteiger partial charge in [0.15, 0.2) is 5.78 Å². The van der Waals surface area contributed by atoms with Gasteiger partial charge in [0.2, 0.25) is 5.91 Å². The number of carbonyl (C=O) groups is 3. The van der Waals surface area contributed by atoms with E-state index < -0.39 is 39.7 Å². The average molecular weight is 546 g/mol. The molecule has 2 aliphatic heterocycles. The number of likely N-dealkylation sites (tertiary alicyclic amines) is 1. The maximum atomic E-state index is 14.1.